The van der Waals surface area contributed by atoms with E-state index in [1.807, 2.05) is 30.3 Å². The number of hydrogen-bond acceptors (Lipinski definition) is 6. The summed E-state index contributed by atoms with van der Waals surface area (Å²) in [7, 11) is -0.523. The molecule has 1 amide bonds. The summed E-state index contributed by atoms with van der Waals surface area (Å²) in [4.78, 5) is 12.4. The van der Waals surface area contributed by atoms with Gasteiger partial charge in [-0.2, -0.15) is 0 Å². The van der Waals surface area contributed by atoms with E-state index in [1.54, 1.807) is 19.0 Å². The van der Waals surface area contributed by atoms with E-state index >= 15 is 0 Å². The first-order valence-electron chi connectivity index (χ1n) is 9.52. The Morgan fingerprint density at radius 2 is 1.93 bits per heavy atom. The number of rotatable bonds is 10. The topological polar surface area (TPSA) is 101 Å². The average molecular weight is 416 g/mol. The number of furan rings is 1. The summed E-state index contributed by atoms with van der Waals surface area (Å²) < 4.78 is 11.0. The first kappa shape index (κ1) is 21.2. The summed E-state index contributed by atoms with van der Waals surface area (Å²) in [5.41, 5.74) is 2.10. The van der Waals surface area contributed by atoms with Crippen LogP contribution in [-0.4, -0.2) is 36.2 Å². The number of nitrogens with one attached hydrogen (secondary N) is 2. The molecule has 0 unspecified atom stereocenters. The van der Waals surface area contributed by atoms with E-state index in [2.05, 4.69) is 15.7 Å². The third kappa shape index (κ3) is 5.96. The predicted octanol–water partition coefficient (Wildman–Crippen LogP) is 3.39. The lowest BCUT2D eigenvalue weighted by molar-refractivity contribution is -0.120. The second kappa shape index (κ2) is 10.3. The number of amides is 1. The molecule has 2 aromatic heterocycles. The highest BCUT2D eigenvalue weighted by Crippen LogP contribution is 2.36. The van der Waals surface area contributed by atoms with Crippen LogP contribution in [0.1, 0.15) is 18.6 Å². The number of benzene rings is 1. The molecule has 0 aliphatic heterocycles. The van der Waals surface area contributed by atoms with Crippen LogP contribution in [-0.2, 0) is 11.2 Å². The molecule has 0 atom stereocenters. The molecule has 0 aliphatic carbocycles. The SMILES string of the molecule is CB(O)NCCCCNC(=O)Cc1onc(-c2ccc(Cl)o2)c1-c1ccccc1. The molecular formula is C20H23BClN3O4. The summed E-state index contributed by atoms with van der Waals surface area (Å²) >= 11 is 5.90. The van der Waals surface area contributed by atoms with E-state index in [0.717, 1.165) is 18.4 Å². The van der Waals surface area contributed by atoms with Crippen LogP contribution in [0, 0.1) is 0 Å². The van der Waals surface area contributed by atoms with Crippen molar-refractivity contribution in [3.63, 3.8) is 0 Å². The summed E-state index contributed by atoms with van der Waals surface area (Å²) in [5, 5.41) is 19.3. The second-order valence-corrected chi connectivity index (χ2v) is 7.04. The Morgan fingerprint density at radius 3 is 2.62 bits per heavy atom. The first-order chi connectivity index (χ1) is 14.0. The molecule has 7 nitrogen and oxygen atoms in total. The van der Waals surface area contributed by atoms with Crippen LogP contribution in [0.3, 0.4) is 0 Å². The number of unbranched alkanes of at least 4 members (excludes halogenated alkanes) is 1. The van der Waals surface area contributed by atoms with Crippen LogP contribution < -0.4 is 10.5 Å². The zero-order valence-corrected chi connectivity index (χ0v) is 16.9. The molecule has 9 heteroatoms. The molecular weight excluding hydrogens is 393 g/mol. The Kier molecular flexibility index (Phi) is 7.52. The van der Waals surface area contributed by atoms with Crippen molar-refractivity contribution >= 4 is 24.6 Å². The number of carbonyl (C=O) groups excluding carboxylic acids is 1. The van der Waals surface area contributed by atoms with Gasteiger partial charge in [0.2, 0.25) is 5.91 Å². The highest BCUT2D eigenvalue weighted by Gasteiger charge is 2.23. The fourth-order valence-electron chi connectivity index (χ4n) is 2.95. The fraction of sp³-hybridized carbons (Fsp3) is 0.300. The van der Waals surface area contributed by atoms with Gasteiger partial charge in [0.25, 0.3) is 0 Å². The van der Waals surface area contributed by atoms with E-state index in [9.17, 15) is 4.79 Å². The van der Waals surface area contributed by atoms with Crippen molar-refractivity contribution in [2.45, 2.75) is 26.1 Å². The van der Waals surface area contributed by atoms with Gasteiger partial charge in [-0.3, -0.25) is 4.79 Å². The summed E-state index contributed by atoms with van der Waals surface area (Å²) in [6.07, 6.45) is 1.73. The van der Waals surface area contributed by atoms with Crippen LogP contribution in [0.25, 0.3) is 22.6 Å². The monoisotopic (exact) mass is 415 g/mol. The minimum absolute atomic E-state index is 0.0671. The number of hydrogen-bond donors (Lipinski definition) is 3. The zero-order chi connectivity index (χ0) is 20.6. The average Bonchev–Trinajstić information content (AvgIpc) is 3.31. The van der Waals surface area contributed by atoms with Crippen molar-refractivity contribution < 1.29 is 18.8 Å². The maximum absolute atomic E-state index is 12.4. The Bertz CT molecular complexity index is 927. The van der Waals surface area contributed by atoms with Crippen molar-refractivity contribution in [2.24, 2.45) is 0 Å². The van der Waals surface area contributed by atoms with E-state index in [1.165, 1.54) is 0 Å². The molecule has 0 bridgehead atoms. The van der Waals surface area contributed by atoms with Gasteiger partial charge in [0.1, 0.15) is 0 Å². The fourth-order valence-corrected chi connectivity index (χ4v) is 3.10. The Morgan fingerprint density at radius 1 is 1.17 bits per heavy atom. The Hall–Kier alpha value is -2.55. The zero-order valence-electron chi connectivity index (χ0n) is 16.2. The largest absolute Gasteiger partial charge is 0.443 e. The first-order valence-corrected chi connectivity index (χ1v) is 9.90. The summed E-state index contributed by atoms with van der Waals surface area (Å²) in [6, 6.07) is 12.9. The van der Waals surface area contributed by atoms with Crippen LogP contribution >= 0.6 is 11.6 Å². The smallest absolute Gasteiger partial charge is 0.373 e. The minimum atomic E-state index is -0.523. The molecule has 0 saturated carbocycles. The minimum Gasteiger partial charge on any atom is -0.443 e. The summed E-state index contributed by atoms with van der Waals surface area (Å²) in [6.45, 7) is 2.92. The number of halogens is 1. The van der Waals surface area contributed by atoms with Crippen LogP contribution in [0.2, 0.25) is 12.0 Å². The van der Waals surface area contributed by atoms with Gasteiger partial charge in [0.05, 0.1) is 12.0 Å². The highest BCUT2D eigenvalue weighted by atomic mass is 35.5. The van der Waals surface area contributed by atoms with Gasteiger partial charge < -0.3 is 24.5 Å². The number of aromatic nitrogens is 1. The Balaban J connectivity index is 1.68. The van der Waals surface area contributed by atoms with Crippen molar-refractivity contribution in [1.29, 1.82) is 0 Å². The molecule has 0 spiro atoms. The molecule has 0 fully saturated rings. The molecule has 0 radical (unpaired) electrons. The molecule has 1 aromatic carbocycles. The van der Waals surface area contributed by atoms with Crippen LogP contribution in [0.15, 0.2) is 51.4 Å². The molecule has 0 aliphatic rings. The summed E-state index contributed by atoms with van der Waals surface area (Å²) in [5.74, 6) is 0.799. The molecule has 0 saturated heterocycles. The predicted molar refractivity (Wildman–Crippen MR) is 112 cm³/mol. The third-order valence-corrected chi connectivity index (χ3v) is 4.52. The van der Waals surface area contributed by atoms with Crippen molar-refractivity contribution in [3.8, 4) is 22.6 Å². The second-order valence-electron chi connectivity index (χ2n) is 6.66. The van der Waals surface area contributed by atoms with Gasteiger partial charge in [-0.05, 0) is 55.5 Å². The van der Waals surface area contributed by atoms with Crippen molar-refractivity contribution in [1.82, 2.24) is 15.7 Å². The Labute approximate surface area is 174 Å². The van der Waals surface area contributed by atoms with Gasteiger partial charge in [-0.1, -0.05) is 35.5 Å². The standard InChI is InChI=1S/C20H23BClN3O4/c1-21(27)24-12-6-5-11-23-18(26)13-16-19(14-7-3-2-4-8-14)20(25-29-16)15-9-10-17(22)28-15/h2-4,7-10,24,27H,5-6,11-13H2,1H3,(H,23,26). The van der Waals surface area contributed by atoms with E-state index < -0.39 is 7.05 Å². The van der Waals surface area contributed by atoms with Crippen LogP contribution in [0.4, 0.5) is 0 Å². The molecule has 3 N–H and O–H groups in total. The van der Waals surface area contributed by atoms with Crippen LogP contribution in [0.5, 0.6) is 0 Å². The maximum Gasteiger partial charge on any atom is 0.373 e. The molecule has 2 heterocycles. The van der Waals surface area contributed by atoms with Gasteiger partial charge in [0.15, 0.2) is 22.4 Å². The molecule has 3 aromatic rings. The van der Waals surface area contributed by atoms with Gasteiger partial charge in [-0.25, -0.2) is 0 Å². The lowest BCUT2D eigenvalue weighted by atomic mass is 9.89. The van der Waals surface area contributed by atoms with E-state index in [0.29, 0.717) is 35.9 Å². The number of carbonyl (C=O) groups is 1. The molecule has 3 rings (SSSR count). The van der Waals surface area contributed by atoms with E-state index in [4.69, 9.17) is 25.6 Å². The van der Waals surface area contributed by atoms with E-state index in [-0.39, 0.29) is 17.5 Å². The lowest BCUT2D eigenvalue weighted by Gasteiger charge is -2.07. The van der Waals surface area contributed by atoms with Crippen molar-refractivity contribution in [2.75, 3.05) is 13.1 Å². The maximum atomic E-state index is 12.4. The normalized spacial score (nSPS) is 10.9. The van der Waals surface area contributed by atoms with Gasteiger partial charge >= 0.3 is 7.05 Å². The molecule has 29 heavy (non-hydrogen) atoms. The third-order valence-electron chi connectivity index (χ3n) is 4.32. The molecule has 152 valence electrons. The quantitative estimate of drug-likeness (QED) is 0.347. The highest BCUT2D eigenvalue weighted by molar-refractivity contribution is 6.45. The van der Waals surface area contributed by atoms with Gasteiger partial charge in [-0.15, -0.1) is 0 Å². The van der Waals surface area contributed by atoms with Gasteiger partial charge in [0, 0.05) is 6.54 Å². The lowest BCUT2D eigenvalue weighted by Crippen LogP contribution is -2.32. The van der Waals surface area contributed by atoms with Crippen molar-refractivity contribution in [3.05, 3.63) is 53.4 Å². The number of nitrogens with zero attached hydrogens (tertiary/aromatic N) is 1.